The van der Waals surface area contributed by atoms with Crippen molar-refractivity contribution in [1.29, 1.82) is 0 Å². The van der Waals surface area contributed by atoms with E-state index < -0.39 is 0 Å². The molecule has 4 heteroatoms. The van der Waals surface area contributed by atoms with E-state index in [1.165, 1.54) is 5.56 Å². The van der Waals surface area contributed by atoms with Crippen LogP contribution in [0, 0.1) is 0 Å². The monoisotopic (exact) mass is 240 g/mol. The van der Waals surface area contributed by atoms with Gasteiger partial charge in [0.05, 0.1) is 23.4 Å². The molecule has 0 amide bonds. The molecule has 1 aliphatic heterocycles. The zero-order valence-corrected chi connectivity index (χ0v) is 10.4. The van der Waals surface area contributed by atoms with Gasteiger partial charge in [0.2, 0.25) is 0 Å². The van der Waals surface area contributed by atoms with Crippen molar-refractivity contribution in [2.75, 3.05) is 38.7 Å². The molecule has 0 bridgehead atoms. The summed E-state index contributed by atoms with van der Waals surface area (Å²) in [6.45, 7) is 2.57. The van der Waals surface area contributed by atoms with E-state index in [1.54, 1.807) is 0 Å². The van der Waals surface area contributed by atoms with Gasteiger partial charge in [-0.3, -0.25) is 0 Å². The van der Waals surface area contributed by atoms with Crippen LogP contribution in [0.5, 0.6) is 0 Å². The Morgan fingerprint density at radius 3 is 2.88 bits per heavy atom. The molecule has 16 heavy (non-hydrogen) atoms. The predicted octanol–water partition coefficient (Wildman–Crippen LogP) is 2.07. The average molecular weight is 241 g/mol. The van der Waals surface area contributed by atoms with Crippen molar-refractivity contribution in [3.63, 3.8) is 0 Å². The second-order valence-corrected chi connectivity index (χ2v) is 4.58. The highest BCUT2D eigenvalue weighted by molar-refractivity contribution is 6.33. The smallest absolute Gasteiger partial charge is 0.0950 e. The second-order valence-electron chi connectivity index (χ2n) is 4.17. The van der Waals surface area contributed by atoms with Gasteiger partial charge in [0, 0.05) is 27.2 Å². The summed E-state index contributed by atoms with van der Waals surface area (Å²) in [5.41, 5.74) is 2.22. The molecular formula is C12H17ClN2O. The van der Waals surface area contributed by atoms with E-state index >= 15 is 0 Å². The number of rotatable bonds is 2. The Morgan fingerprint density at radius 2 is 2.25 bits per heavy atom. The number of halogens is 1. The number of nitrogens with zero attached hydrogens (tertiary/aromatic N) is 1. The summed E-state index contributed by atoms with van der Waals surface area (Å²) in [6.07, 6.45) is 0.143. The Kier molecular flexibility index (Phi) is 3.69. The molecule has 1 atom stereocenters. The molecule has 1 aliphatic rings. The van der Waals surface area contributed by atoms with E-state index in [-0.39, 0.29) is 6.10 Å². The molecule has 1 fully saturated rings. The van der Waals surface area contributed by atoms with Gasteiger partial charge in [0.25, 0.3) is 0 Å². The van der Waals surface area contributed by atoms with E-state index in [1.807, 2.05) is 31.1 Å². The fourth-order valence-corrected chi connectivity index (χ4v) is 2.14. The van der Waals surface area contributed by atoms with Gasteiger partial charge in [-0.2, -0.15) is 0 Å². The van der Waals surface area contributed by atoms with Crippen LogP contribution in [0.3, 0.4) is 0 Å². The molecule has 0 saturated carbocycles. The van der Waals surface area contributed by atoms with E-state index in [9.17, 15) is 0 Å². The summed E-state index contributed by atoms with van der Waals surface area (Å²) >= 11 is 6.13. The number of nitrogens with one attached hydrogen (secondary N) is 1. The maximum Gasteiger partial charge on any atom is 0.0950 e. The van der Waals surface area contributed by atoms with Gasteiger partial charge in [0.1, 0.15) is 0 Å². The molecule has 0 aliphatic carbocycles. The first-order valence-electron chi connectivity index (χ1n) is 5.47. The minimum atomic E-state index is 0.143. The minimum absolute atomic E-state index is 0.143. The molecular weight excluding hydrogens is 224 g/mol. The predicted molar refractivity (Wildman–Crippen MR) is 67.3 cm³/mol. The van der Waals surface area contributed by atoms with Crippen molar-refractivity contribution < 1.29 is 4.74 Å². The largest absolute Gasteiger partial charge is 0.376 e. The van der Waals surface area contributed by atoms with Crippen molar-refractivity contribution in [3.05, 3.63) is 28.8 Å². The van der Waals surface area contributed by atoms with E-state index in [0.29, 0.717) is 0 Å². The fraction of sp³-hybridized carbons (Fsp3) is 0.500. The molecule has 1 N–H and O–H groups in total. The minimum Gasteiger partial charge on any atom is -0.376 e. The van der Waals surface area contributed by atoms with Gasteiger partial charge in [0.15, 0.2) is 0 Å². The van der Waals surface area contributed by atoms with E-state index in [2.05, 4.69) is 11.4 Å². The number of morpholine rings is 1. The van der Waals surface area contributed by atoms with Gasteiger partial charge in [-0.05, 0) is 17.7 Å². The molecule has 0 aromatic heterocycles. The first-order valence-corrected chi connectivity index (χ1v) is 5.85. The number of hydrogen-bond donors (Lipinski definition) is 1. The number of ether oxygens (including phenoxy) is 1. The van der Waals surface area contributed by atoms with Gasteiger partial charge >= 0.3 is 0 Å². The molecule has 1 heterocycles. The summed E-state index contributed by atoms with van der Waals surface area (Å²) < 4.78 is 5.71. The number of benzene rings is 1. The zero-order valence-electron chi connectivity index (χ0n) is 9.66. The summed E-state index contributed by atoms with van der Waals surface area (Å²) in [4.78, 5) is 2.02. The summed E-state index contributed by atoms with van der Waals surface area (Å²) in [5, 5.41) is 4.10. The summed E-state index contributed by atoms with van der Waals surface area (Å²) in [5.74, 6) is 0. The van der Waals surface area contributed by atoms with Gasteiger partial charge < -0.3 is 15.0 Å². The third-order valence-electron chi connectivity index (χ3n) is 2.75. The quantitative estimate of drug-likeness (QED) is 0.857. The lowest BCUT2D eigenvalue weighted by Crippen LogP contribution is -2.33. The molecule has 88 valence electrons. The Hall–Kier alpha value is -0.770. The van der Waals surface area contributed by atoms with Crippen LogP contribution in [-0.2, 0) is 4.74 Å². The van der Waals surface area contributed by atoms with Crippen LogP contribution in [0.2, 0.25) is 5.02 Å². The molecule has 3 nitrogen and oxygen atoms in total. The maximum absolute atomic E-state index is 6.13. The normalized spacial score (nSPS) is 20.8. The van der Waals surface area contributed by atoms with Crippen LogP contribution in [-0.4, -0.2) is 33.8 Å². The number of hydrogen-bond acceptors (Lipinski definition) is 3. The molecule has 0 radical (unpaired) electrons. The summed E-state index contributed by atoms with van der Waals surface area (Å²) in [6, 6.07) is 6.07. The Bertz CT molecular complexity index is 362. The molecule has 1 saturated heterocycles. The summed E-state index contributed by atoms with van der Waals surface area (Å²) in [7, 11) is 3.98. The highest BCUT2D eigenvalue weighted by atomic mass is 35.5. The van der Waals surface area contributed by atoms with Crippen LogP contribution in [0.15, 0.2) is 18.2 Å². The van der Waals surface area contributed by atoms with Crippen molar-refractivity contribution in [2.24, 2.45) is 0 Å². The van der Waals surface area contributed by atoms with Crippen LogP contribution >= 0.6 is 11.6 Å². The van der Waals surface area contributed by atoms with Crippen molar-refractivity contribution in [1.82, 2.24) is 5.32 Å². The van der Waals surface area contributed by atoms with Crippen LogP contribution in [0.1, 0.15) is 11.7 Å². The highest BCUT2D eigenvalue weighted by Crippen LogP contribution is 2.29. The topological polar surface area (TPSA) is 24.5 Å². The zero-order chi connectivity index (χ0) is 11.5. The number of anilines is 1. The first-order chi connectivity index (χ1) is 7.68. The fourth-order valence-electron chi connectivity index (χ4n) is 1.85. The van der Waals surface area contributed by atoms with Crippen molar-refractivity contribution in [3.8, 4) is 0 Å². The van der Waals surface area contributed by atoms with Crippen LogP contribution in [0.4, 0.5) is 5.69 Å². The van der Waals surface area contributed by atoms with Crippen LogP contribution < -0.4 is 10.2 Å². The van der Waals surface area contributed by atoms with E-state index in [4.69, 9.17) is 16.3 Å². The molecule has 1 aromatic carbocycles. The maximum atomic E-state index is 6.13. The SMILES string of the molecule is CN(C)c1cc(C2CNCCO2)ccc1Cl. The molecule has 1 unspecified atom stereocenters. The van der Waals surface area contributed by atoms with Gasteiger partial charge in [-0.15, -0.1) is 0 Å². The molecule has 1 aromatic rings. The lowest BCUT2D eigenvalue weighted by molar-refractivity contribution is 0.0277. The average Bonchev–Trinajstić information content (AvgIpc) is 2.30. The Morgan fingerprint density at radius 1 is 1.44 bits per heavy atom. The highest BCUT2D eigenvalue weighted by Gasteiger charge is 2.17. The standard InChI is InChI=1S/C12H17ClN2O/c1-15(2)11-7-9(3-4-10(11)13)12-8-14-5-6-16-12/h3-4,7,12,14H,5-6,8H2,1-2H3. The van der Waals surface area contributed by atoms with Gasteiger partial charge in [-0.1, -0.05) is 17.7 Å². The van der Waals surface area contributed by atoms with Gasteiger partial charge in [-0.25, -0.2) is 0 Å². The van der Waals surface area contributed by atoms with E-state index in [0.717, 1.165) is 30.4 Å². The third-order valence-corrected chi connectivity index (χ3v) is 3.07. The lowest BCUT2D eigenvalue weighted by Gasteiger charge is -2.25. The third kappa shape index (κ3) is 2.48. The molecule has 2 rings (SSSR count). The van der Waals surface area contributed by atoms with Crippen LogP contribution in [0.25, 0.3) is 0 Å². The Labute approximate surface area is 101 Å². The molecule has 0 spiro atoms. The van der Waals surface area contributed by atoms with Crippen molar-refractivity contribution in [2.45, 2.75) is 6.10 Å². The first kappa shape index (κ1) is 11.7. The second kappa shape index (κ2) is 5.04. The lowest BCUT2D eigenvalue weighted by atomic mass is 10.1. The van der Waals surface area contributed by atoms with Crippen molar-refractivity contribution >= 4 is 17.3 Å². The Balaban J connectivity index is 2.24.